The number of thiophene rings is 1. The molecular formula is C27H34N2O4S2. The summed E-state index contributed by atoms with van der Waals surface area (Å²) in [5, 5.41) is 12.8. The normalized spacial score (nSPS) is 23.5. The fourth-order valence-electron chi connectivity index (χ4n) is 6.79. The molecule has 0 bridgehead atoms. The Bertz CT molecular complexity index is 1250. The van der Waals surface area contributed by atoms with Crippen molar-refractivity contribution in [2.75, 3.05) is 22.4 Å². The van der Waals surface area contributed by atoms with Crippen molar-refractivity contribution in [3.8, 4) is 0 Å². The number of fused-ring (bicyclic) bond motifs is 2. The molecule has 2 N–H and O–H groups in total. The van der Waals surface area contributed by atoms with Crippen LogP contribution in [0.5, 0.6) is 0 Å². The van der Waals surface area contributed by atoms with Crippen LogP contribution in [0.4, 0.5) is 11.4 Å². The zero-order chi connectivity index (χ0) is 24.4. The third-order valence-corrected chi connectivity index (χ3v) is 10.7. The monoisotopic (exact) mass is 514 g/mol. The van der Waals surface area contributed by atoms with Crippen molar-refractivity contribution < 1.29 is 18.3 Å². The lowest BCUT2D eigenvalue weighted by molar-refractivity contribution is 0.0983. The first-order valence-electron chi connectivity index (χ1n) is 12.9. The highest BCUT2D eigenvalue weighted by atomic mass is 32.2. The van der Waals surface area contributed by atoms with Crippen molar-refractivity contribution in [2.24, 2.45) is 11.3 Å². The minimum atomic E-state index is -3.38. The summed E-state index contributed by atoms with van der Waals surface area (Å²) >= 11 is 1.42. The maximum absolute atomic E-state index is 13.8. The van der Waals surface area contributed by atoms with E-state index in [2.05, 4.69) is 4.72 Å². The first kappa shape index (κ1) is 23.5. The Hall–Kier alpha value is -1.90. The van der Waals surface area contributed by atoms with Gasteiger partial charge in [0.15, 0.2) is 0 Å². The molecule has 1 aromatic carbocycles. The van der Waals surface area contributed by atoms with Crippen molar-refractivity contribution in [3.05, 3.63) is 45.6 Å². The Morgan fingerprint density at radius 3 is 2.46 bits per heavy atom. The molecule has 1 aliphatic heterocycles. The van der Waals surface area contributed by atoms with Crippen LogP contribution in [0.15, 0.2) is 29.6 Å². The van der Waals surface area contributed by atoms with E-state index in [1.165, 1.54) is 49.9 Å². The van der Waals surface area contributed by atoms with Crippen LogP contribution in [0.3, 0.4) is 0 Å². The standard InChI is InChI=1S/C27H34N2O4S2/c1-35(32,33)28-20-6-7-22-21(15-20)27(12-10-26(8-9-26)11-13-27)17-29(22)25(31)23-14-19(16-34-23)24(30)18-4-2-3-5-18/h6-7,14-16,18,24,28,30H,2-5,8-13,17H2,1H3. The van der Waals surface area contributed by atoms with Crippen LogP contribution in [-0.2, 0) is 15.4 Å². The average molecular weight is 515 g/mol. The average Bonchev–Trinajstić information content (AvgIpc) is 3.23. The predicted octanol–water partition coefficient (Wildman–Crippen LogP) is 5.60. The van der Waals surface area contributed by atoms with Gasteiger partial charge in [0, 0.05) is 23.3 Å². The molecule has 6 nitrogen and oxygen atoms in total. The molecule has 35 heavy (non-hydrogen) atoms. The van der Waals surface area contributed by atoms with E-state index in [1.807, 2.05) is 28.5 Å². The summed E-state index contributed by atoms with van der Waals surface area (Å²) in [5.74, 6) is 0.273. The number of nitrogens with zero attached hydrogens (tertiary/aromatic N) is 1. The van der Waals surface area contributed by atoms with Gasteiger partial charge in [-0.15, -0.1) is 11.3 Å². The summed E-state index contributed by atoms with van der Waals surface area (Å²) in [5.41, 5.74) is 3.80. The number of amides is 1. The molecule has 0 saturated heterocycles. The fraction of sp³-hybridized carbons (Fsp3) is 0.593. The van der Waals surface area contributed by atoms with Gasteiger partial charge in [0.25, 0.3) is 5.91 Å². The Labute approximate surface area is 211 Å². The van der Waals surface area contributed by atoms with Crippen LogP contribution < -0.4 is 9.62 Å². The molecule has 3 aliphatic carbocycles. The lowest BCUT2D eigenvalue weighted by Crippen LogP contribution is -2.39. The third kappa shape index (κ3) is 4.31. The molecule has 2 spiro atoms. The van der Waals surface area contributed by atoms with Crippen molar-refractivity contribution >= 4 is 38.6 Å². The lowest BCUT2D eigenvalue weighted by Gasteiger charge is -2.38. The molecular weight excluding hydrogens is 480 g/mol. The summed E-state index contributed by atoms with van der Waals surface area (Å²) < 4.78 is 26.4. The van der Waals surface area contributed by atoms with E-state index in [-0.39, 0.29) is 11.3 Å². The number of aliphatic hydroxyl groups is 1. The van der Waals surface area contributed by atoms with Gasteiger partial charge in [0.05, 0.1) is 17.2 Å². The summed E-state index contributed by atoms with van der Waals surface area (Å²) in [7, 11) is -3.38. The van der Waals surface area contributed by atoms with Gasteiger partial charge in [-0.2, -0.15) is 0 Å². The fourth-order valence-corrected chi connectivity index (χ4v) is 8.23. The second-order valence-electron chi connectivity index (χ2n) is 11.5. The topological polar surface area (TPSA) is 86.7 Å². The zero-order valence-electron chi connectivity index (χ0n) is 20.3. The van der Waals surface area contributed by atoms with Gasteiger partial charge < -0.3 is 10.0 Å². The number of carbonyl (C=O) groups is 1. The number of nitrogens with one attached hydrogen (secondary N) is 1. The maximum atomic E-state index is 13.8. The van der Waals surface area contributed by atoms with Crippen molar-refractivity contribution in [1.82, 2.24) is 0 Å². The molecule has 2 aromatic rings. The molecule has 2 heterocycles. The molecule has 3 fully saturated rings. The highest BCUT2D eigenvalue weighted by Crippen LogP contribution is 2.62. The SMILES string of the molecule is CS(=O)(=O)Nc1ccc2c(c1)C1(CCC3(CC3)CC1)CN2C(=O)c1cc(C(O)C2CCCC2)cs1. The minimum Gasteiger partial charge on any atom is -0.388 e. The molecule has 3 saturated carbocycles. The molecule has 0 radical (unpaired) electrons. The highest BCUT2D eigenvalue weighted by molar-refractivity contribution is 7.92. The van der Waals surface area contributed by atoms with Crippen LogP contribution in [0, 0.1) is 11.3 Å². The van der Waals surface area contributed by atoms with E-state index in [0.29, 0.717) is 28.4 Å². The first-order chi connectivity index (χ1) is 16.7. The van der Waals surface area contributed by atoms with Crippen LogP contribution in [0.25, 0.3) is 0 Å². The van der Waals surface area contributed by atoms with Crippen LogP contribution >= 0.6 is 11.3 Å². The molecule has 1 amide bonds. The van der Waals surface area contributed by atoms with Gasteiger partial charge in [-0.1, -0.05) is 12.8 Å². The molecule has 6 rings (SSSR count). The molecule has 8 heteroatoms. The molecule has 1 atom stereocenters. The van der Waals surface area contributed by atoms with Gasteiger partial charge >= 0.3 is 0 Å². The molecule has 1 aromatic heterocycles. The first-order valence-corrected chi connectivity index (χ1v) is 15.6. The number of benzene rings is 1. The van der Waals surface area contributed by atoms with Gasteiger partial charge in [0.1, 0.15) is 0 Å². The Morgan fingerprint density at radius 2 is 1.80 bits per heavy atom. The number of sulfonamides is 1. The van der Waals surface area contributed by atoms with Crippen LogP contribution in [0.2, 0.25) is 0 Å². The Kier molecular flexibility index (Phi) is 5.58. The third-order valence-electron chi connectivity index (χ3n) is 9.11. The highest BCUT2D eigenvalue weighted by Gasteiger charge is 2.53. The predicted molar refractivity (Wildman–Crippen MR) is 140 cm³/mol. The second kappa shape index (κ2) is 8.32. The smallest absolute Gasteiger partial charge is 0.268 e. The van der Waals surface area contributed by atoms with Crippen molar-refractivity contribution in [2.45, 2.75) is 75.7 Å². The second-order valence-corrected chi connectivity index (χ2v) is 14.2. The number of rotatable bonds is 5. The van der Waals surface area contributed by atoms with E-state index in [0.717, 1.165) is 48.8 Å². The summed E-state index contributed by atoms with van der Waals surface area (Å²) in [6, 6.07) is 7.51. The maximum Gasteiger partial charge on any atom is 0.268 e. The zero-order valence-corrected chi connectivity index (χ0v) is 21.9. The molecule has 4 aliphatic rings. The van der Waals surface area contributed by atoms with Crippen LogP contribution in [0.1, 0.15) is 91.1 Å². The summed E-state index contributed by atoms with van der Waals surface area (Å²) in [6.45, 7) is 0.637. The van der Waals surface area contributed by atoms with E-state index in [4.69, 9.17) is 0 Å². The lowest BCUT2D eigenvalue weighted by atomic mass is 9.66. The van der Waals surface area contributed by atoms with Crippen LogP contribution in [-0.4, -0.2) is 32.2 Å². The van der Waals surface area contributed by atoms with Gasteiger partial charge in [-0.25, -0.2) is 8.42 Å². The number of hydrogen-bond acceptors (Lipinski definition) is 5. The Morgan fingerprint density at radius 1 is 1.11 bits per heavy atom. The van der Waals surface area contributed by atoms with Crippen molar-refractivity contribution in [3.63, 3.8) is 0 Å². The largest absolute Gasteiger partial charge is 0.388 e. The Balaban J connectivity index is 1.31. The van der Waals surface area contributed by atoms with Crippen molar-refractivity contribution in [1.29, 1.82) is 0 Å². The summed E-state index contributed by atoms with van der Waals surface area (Å²) in [4.78, 5) is 16.4. The van der Waals surface area contributed by atoms with E-state index in [1.54, 1.807) is 6.07 Å². The van der Waals surface area contributed by atoms with E-state index < -0.39 is 16.1 Å². The quantitative estimate of drug-likeness (QED) is 0.544. The number of anilines is 2. The number of carbonyl (C=O) groups excluding carboxylic acids is 1. The number of aliphatic hydroxyl groups excluding tert-OH is 1. The van der Waals surface area contributed by atoms with Gasteiger partial charge in [-0.05, 0) is 103 Å². The van der Waals surface area contributed by atoms with Gasteiger partial charge in [0.2, 0.25) is 10.0 Å². The number of hydrogen-bond donors (Lipinski definition) is 2. The van der Waals surface area contributed by atoms with Gasteiger partial charge in [-0.3, -0.25) is 9.52 Å². The summed E-state index contributed by atoms with van der Waals surface area (Å²) in [6.07, 6.45) is 12.1. The molecule has 1 unspecified atom stereocenters. The van der Waals surface area contributed by atoms with E-state index in [9.17, 15) is 18.3 Å². The molecule has 188 valence electrons. The minimum absolute atomic E-state index is 0.0199. The van der Waals surface area contributed by atoms with E-state index >= 15 is 0 Å².